The molecule has 16 N–H and O–H groups in total. The zero-order valence-corrected chi connectivity index (χ0v) is 57.8. The summed E-state index contributed by atoms with van der Waals surface area (Å²) < 4.78 is 0. The maximum absolute atomic E-state index is 15.0. The SMILES string of the molecule is CCNC(=NCCCC[C@H](NC(=O)C(CC(C)C)NC(=O)[C@@H](CCCCN=C(NCC)NCC)NC(=O)[C@H](Cc1ccc(O)cc1)NC(=O)[C@H](CO)NC(=O)[C@@H](Cc1cccnc1)NC(=O)[C@@H](Cc1ccc(Cl)cc1)NC(C)=O)C(=O)N1CCCC1C(=O)N[C@@H](C)C(N)=O)NCC. The summed E-state index contributed by atoms with van der Waals surface area (Å²) in [6.45, 7) is 16.4. The van der Waals surface area contributed by atoms with Gasteiger partial charge in [0.25, 0.3) is 0 Å². The quantitative estimate of drug-likeness (QED) is 0.0208. The Kier molecular flexibility index (Phi) is 35.7. The molecule has 1 aliphatic rings. The van der Waals surface area contributed by atoms with E-state index in [1.807, 2.05) is 41.5 Å². The Bertz CT molecular complexity index is 3070. The number of carbonyl (C=O) groups is 10. The number of aliphatic hydroxyl groups excluding tert-OH is 1. The zero-order chi connectivity index (χ0) is 71.4. The minimum Gasteiger partial charge on any atom is -0.508 e. The number of hydrogen-bond acceptors (Lipinski definition) is 15. The Labute approximate surface area is 573 Å². The van der Waals surface area contributed by atoms with E-state index in [9.17, 15) is 58.2 Å². The van der Waals surface area contributed by atoms with Gasteiger partial charge >= 0.3 is 0 Å². The summed E-state index contributed by atoms with van der Waals surface area (Å²) in [4.78, 5) is 155. The van der Waals surface area contributed by atoms with Crippen molar-refractivity contribution in [1.29, 1.82) is 0 Å². The number of hydrogen-bond donors (Lipinski definition) is 15. The maximum atomic E-state index is 15.0. The molecule has 9 atom stereocenters. The first-order chi connectivity index (χ1) is 46.4. The third-order valence-corrected chi connectivity index (χ3v) is 15.8. The fourth-order valence-corrected chi connectivity index (χ4v) is 10.7. The third kappa shape index (κ3) is 29.0. The molecule has 0 radical (unpaired) electrons. The van der Waals surface area contributed by atoms with Gasteiger partial charge in [0.05, 0.1) is 6.61 Å². The second-order valence-corrected chi connectivity index (χ2v) is 24.5. The van der Waals surface area contributed by atoms with Crippen LogP contribution in [0, 0.1) is 5.92 Å². The van der Waals surface area contributed by atoms with Gasteiger partial charge in [-0.15, -0.1) is 0 Å². The molecule has 0 bridgehead atoms. The Morgan fingerprint density at radius 2 is 1.02 bits per heavy atom. The molecular formula is C67H102ClN17O12. The van der Waals surface area contributed by atoms with Gasteiger partial charge in [-0.05, 0) is 145 Å². The van der Waals surface area contributed by atoms with Gasteiger partial charge in [0.1, 0.15) is 60.1 Å². The first kappa shape index (κ1) is 80.3. The summed E-state index contributed by atoms with van der Waals surface area (Å²) in [5.74, 6) is -6.67. The minimum absolute atomic E-state index is 0.0107. The van der Waals surface area contributed by atoms with Gasteiger partial charge in [-0.3, -0.25) is 62.9 Å². The molecule has 0 saturated carbocycles. The first-order valence-corrected chi connectivity index (χ1v) is 33.8. The summed E-state index contributed by atoms with van der Waals surface area (Å²) in [6.07, 6.45) is 5.17. The molecule has 534 valence electrons. The first-order valence-electron chi connectivity index (χ1n) is 33.5. The number of benzene rings is 2. The topological polar surface area (TPSA) is 422 Å². The molecule has 30 heteroatoms. The van der Waals surface area contributed by atoms with Gasteiger partial charge in [-0.25, -0.2) is 0 Å². The number of halogens is 1. The fourth-order valence-electron chi connectivity index (χ4n) is 10.6. The summed E-state index contributed by atoms with van der Waals surface area (Å²) in [7, 11) is 0. The molecule has 0 spiro atoms. The number of pyridine rings is 1. The summed E-state index contributed by atoms with van der Waals surface area (Å²) >= 11 is 6.10. The molecule has 1 saturated heterocycles. The molecule has 97 heavy (non-hydrogen) atoms. The average Bonchev–Trinajstić information content (AvgIpc) is 1.77. The standard InChI is InChI=1S/C67H102ClN17O12/c1-9-71-66(72-10-2)75-32-15-13-20-49(58(90)81-51(35-41(5)6)59(91)80-50(21-14-16-33-76-67(73-11-3)74-12-4)65(97)85-34-18-22-56(85)64(96)77-42(7)57(69)89)79-61(93)53(37-45-25-29-48(88)30-26-45)83-63(95)55(40-86)84-62(94)54(38-46-19-17-31-70-39-46)82-60(92)52(78-43(8)87)36-44-23-27-47(68)28-24-44/h17,19,23-31,39,41-42,49-56,86,88H,9-16,18,20-22,32-38,40H2,1-8H3,(H2,69,89)(H,77,96)(H,78,87)(H,79,93)(H,80,91)(H,81,90)(H,82,92)(H,83,95)(H,84,94)(H2,71,72,75)(H2,73,74,76)/t42-,49+,50-,51?,52+,53-,54+,55-,56?/m0/s1. The van der Waals surface area contributed by atoms with Crippen LogP contribution >= 0.6 is 11.6 Å². The van der Waals surface area contributed by atoms with Crippen LogP contribution < -0.4 is 69.5 Å². The molecular weight excluding hydrogens is 1270 g/mol. The van der Waals surface area contributed by atoms with Crippen LogP contribution in [0.3, 0.4) is 0 Å². The Balaban J connectivity index is 1.69. The number of aromatic hydroxyl groups is 1. The molecule has 1 fully saturated rings. The molecule has 29 nitrogen and oxygen atoms in total. The van der Waals surface area contributed by atoms with Crippen LogP contribution in [0.4, 0.5) is 0 Å². The predicted octanol–water partition coefficient (Wildman–Crippen LogP) is 0.392. The van der Waals surface area contributed by atoms with Crippen molar-refractivity contribution >= 4 is 82.6 Å². The van der Waals surface area contributed by atoms with E-state index in [4.69, 9.17) is 17.3 Å². The van der Waals surface area contributed by atoms with E-state index >= 15 is 0 Å². The number of nitrogens with zero attached hydrogens (tertiary/aromatic N) is 4. The molecule has 2 heterocycles. The lowest BCUT2D eigenvalue weighted by Crippen LogP contribution is -2.61. The Morgan fingerprint density at radius 1 is 0.577 bits per heavy atom. The highest BCUT2D eigenvalue weighted by atomic mass is 35.5. The molecule has 0 aliphatic carbocycles. The van der Waals surface area contributed by atoms with Crippen LogP contribution in [0.25, 0.3) is 0 Å². The number of phenolic OH excluding ortho intramolecular Hbond substituents is 1. The lowest BCUT2D eigenvalue weighted by Gasteiger charge is -2.31. The van der Waals surface area contributed by atoms with Gasteiger partial charge in [0.15, 0.2) is 11.9 Å². The maximum Gasteiger partial charge on any atom is 0.245 e. The molecule has 2 aromatic carbocycles. The lowest BCUT2D eigenvalue weighted by atomic mass is 10.00. The molecule has 3 aromatic rings. The number of nitrogens with two attached hydrogens (primary N) is 1. The van der Waals surface area contributed by atoms with E-state index < -0.39 is 120 Å². The highest BCUT2D eigenvalue weighted by molar-refractivity contribution is 6.30. The normalized spacial score (nSPS) is 15.0. The van der Waals surface area contributed by atoms with E-state index in [1.54, 1.807) is 36.4 Å². The number of phenols is 1. The predicted molar refractivity (Wildman–Crippen MR) is 369 cm³/mol. The van der Waals surface area contributed by atoms with Gasteiger partial charge in [-0.2, -0.15) is 0 Å². The van der Waals surface area contributed by atoms with Crippen LogP contribution in [-0.4, -0.2) is 198 Å². The molecule has 10 amide bonds. The van der Waals surface area contributed by atoms with Crippen molar-refractivity contribution in [3.8, 4) is 5.75 Å². The van der Waals surface area contributed by atoms with Crippen molar-refractivity contribution in [2.24, 2.45) is 21.6 Å². The zero-order valence-electron chi connectivity index (χ0n) is 57.1. The van der Waals surface area contributed by atoms with E-state index in [1.165, 1.54) is 55.4 Å². The molecule has 1 aromatic heterocycles. The van der Waals surface area contributed by atoms with E-state index in [0.717, 1.165) is 0 Å². The second-order valence-electron chi connectivity index (χ2n) is 24.1. The molecule has 2 unspecified atom stereocenters. The van der Waals surface area contributed by atoms with E-state index in [-0.39, 0.29) is 63.2 Å². The van der Waals surface area contributed by atoms with Gasteiger partial charge in [-0.1, -0.05) is 55.8 Å². The van der Waals surface area contributed by atoms with E-state index in [2.05, 4.69) is 78.8 Å². The van der Waals surface area contributed by atoms with Crippen molar-refractivity contribution in [1.82, 2.24) is 73.7 Å². The number of carbonyl (C=O) groups excluding carboxylic acids is 10. The molecule has 4 rings (SSSR count). The Morgan fingerprint density at radius 3 is 1.51 bits per heavy atom. The van der Waals surface area contributed by atoms with Gasteiger partial charge in [0.2, 0.25) is 59.1 Å². The van der Waals surface area contributed by atoms with Crippen molar-refractivity contribution in [2.45, 2.75) is 187 Å². The number of aliphatic imine (C=N–C) groups is 2. The van der Waals surface area contributed by atoms with Crippen LogP contribution in [0.15, 0.2) is 83.0 Å². The smallest absolute Gasteiger partial charge is 0.245 e. The fraction of sp³-hybridized carbons (Fsp3) is 0.567. The van der Waals surface area contributed by atoms with E-state index in [0.29, 0.717) is 105 Å². The summed E-state index contributed by atoms with van der Waals surface area (Å²) in [5.41, 5.74) is 7.03. The number of aliphatic hydroxyl groups is 1. The highest BCUT2D eigenvalue weighted by Gasteiger charge is 2.40. The number of guanidine groups is 2. The van der Waals surface area contributed by atoms with Crippen molar-refractivity contribution in [3.05, 3.63) is 94.8 Å². The number of rotatable bonds is 40. The number of aromatic nitrogens is 1. The lowest BCUT2D eigenvalue weighted by molar-refractivity contribution is -0.142. The second kappa shape index (κ2) is 43.1. The monoisotopic (exact) mass is 1370 g/mol. The highest BCUT2D eigenvalue weighted by Crippen LogP contribution is 2.22. The summed E-state index contributed by atoms with van der Waals surface area (Å²) in [5, 5.41) is 55.7. The van der Waals surface area contributed by atoms with Crippen molar-refractivity contribution in [2.75, 3.05) is 52.4 Å². The van der Waals surface area contributed by atoms with Crippen LogP contribution in [0.1, 0.15) is 130 Å². The molecule has 1 aliphatic heterocycles. The average molecular weight is 1370 g/mol. The number of primary amides is 1. The van der Waals surface area contributed by atoms with Gasteiger partial charge in [0, 0.05) is 89.4 Å². The van der Waals surface area contributed by atoms with Crippen molar-refractivity contribution < 1.29 is 58.2 Å². The van der Waals surface area contributed by atoms with Crippen LogP contribution in [0.5, 0.6) is 5.75 Å². The largest absolute Gasteiger partial charge is 0.508 e. The summed E-state index contributed by atoms with van der Waals surface area (Å²) in [6, 6.07) is 3.92. The van der Waals surface area contributed by atoms with Crippen LogP contribution in [0.2, 0.25) is 5.02 Å². The minimum atomic E-state index is -1.75. The van der Waals surface area contributed by atoms with Crippen molar-refractivity contribution in [3.63, 3.8) is 0 Å². The van der Waals surface area contributed by atoms with Crippen LogP contribution in [-0.2, 0) is 67.2 Å². The number of amides is 10. The third-order valence-electron chi connectivity index (χ3n) is 15.6. The number of unbranched alkanes of at least 4 members (excludes halogenated alkanes) is 2. The number of likely N-dealkylation sites (tertiary alicyclic amines) is 1. The van der Waals surface area contributed by atoms with Gasteiger partial charge < -0.3 is 84.6 Å². The Hall–Kier alpha value is -9.12. The number of nitrogens with one attached hydrogen (secondary N) is 12.